The second kappa shape index (κ2) is 7.09. The van der Waals surface area contributed by atoms with E-state index in [1.807, 2.05) is 42.5 Å². The monoisotopic (exact) mass is 389 g/mol. The van der Waals surface area contributed by atoms with Crippen molar-refractivity contribution in [3.05, 3.63) is 65.5 Å². The van der Waals surface area contributed by atoms with Crippen molar-refractivity contribution >= 4 is 16.9 Å². The number of amides is 1. The van der Waals surface area contributed by atoms with Crippen LogP contribution >= 0.6 is 0 Å². The molecule has 0 fully saturated rings. The van der Waals surface area contributed by atoms with Gasteiger partial charge in [0.2, 0.25) is 5.91 Å². The van der Waals surface area contributed by atoms with Gasteiger partial charge >= 0.3 is 0 Å². The van der Waals surface area contributed by atoms with Gasteiger partial charge in [0.25, 0.3) is 0 Å². The molecule has 1 aliphatic heterocycles. The Morgan fingerprint density at radius 1 is 1.14 bits per heavy atom. The molecule has 1 amide bonds. The number of aromatic nitrogens is 2. The lowest BCUT2D eigenvalue weighted by atomic mass is 10.1. The molecule has 1 N–H and O–H groups in total. The normalized spacial score (nSPS) is 15.3. The van der Waals surface area contributed by atoms with Gasteiger partial charge in [-0.1, -0.05) is 34.6 Å². The fourth-order valence-electron chi connectivity index (χ4n) is 3.55. The van der Waals surface area contributed by atoms with Crippen LogP contribution in [0.2, 0.25) is 0 Å². The molecule has 1 atom stereocenters. The van der Waals surface area contributed by atoms with Crippen LogP contribution in [0.25, 0.3) is 22.3 Å². The first-order valence-electron chi connectivity index (χ1n) is 9.51. The molecule has 0 spiro atoms. The van der Waals surface area contributed by atoms with Crippen LogP contribution in [0.3, 0.4) is 0 Å². The van der Waals surface area contributed by atoms with E-state index in [2.05, 4.69) is 28.6 Å². The highest BCUT2D eigenvalue weighted by Crippen LogP contribution is 2.33. The number of rotatable bonds is 5. The summed E-state index contributed by atoms with van der Waals surface area (Å²) in [5, 5.41) is 11.7. The SMILES string of the molecule is CC1Cc2ccc(-c3cc(CNC(=O)Cc4noc5ccccc45)no3)cc2O1. The van der Waals surface area contributed by atoms with E-state index in [-0.39, 0.29) is 25.0 Å². The van der Waals surface area contributed by atoms with Gasteiger partial charge in [0.15, 0.2) is 11.3 Å². The number of para-hydroxylation sites is 1. The zero-order chi connectivity index (χ0) is 19.8. The van der Waals surface area contributed by atoms with Crippen LogP contribution in [0.15, 0.2) is 57.6 Å². The summed E-state index contributed by atoms with van der Waals surface area (Å²) in [7, 11) is 0. The smallest absolute Gasteiger partial charge is 0.226 e. The second-order valence-corrected chi connectivity index (χ2v) is 7.22. The largest absolute Gasteiger partial charge is 0.490 e. The molecule has 2 aromatic heterocycles. The molecule has 146 valence electrons. The van der Waals surface area contributed by atoms with Crippen LogP contribution in [0.1, 0.15) is 23.9 Å². The molecule has 3 heterocycles. The molecule has 7 heteroatoms. The van der Waals surface area contributed by atoms with Crippen molar-refractivity contribution in [2.24, 2.45) is 0 Å². The van der Waals surface area contributed by atoms with Gasteiger partial charge in [0.05, 0.1) is 13.0 Å². The van der Waals surface area contributed by atoms with Gasteiger partial charge in [0.1, 0.15) is 23.2 Å². The van der Waals surface area contributed by atoms with Gasteiger partial charge < -0.3 is 19.1 Å². The number of ether oxygens (including phenoxy) is 1. The van der Waals surface area contributed by atoms with Crippen LogP contribution in [0, 0.1) is 0 Å². The maximum Gasteiger partial charge on any atom is 0.226 e. The molecule has 4 aromatic rings. The Morgan fingerprint density at radius 2 is 2.03 bits per heavy atom. The van der Waals surface area contributed by atoms with Crippen molar-refractivity contribution in [1.29, 1.82) is 0 Å². The summed E-state index contributed by atoms with van der Waals surface area (Å²) in [6.45, 7) is 2.33. The molecule has 2 aromatic carbocycles. The zero-order valence-electron chi connectivity index (χ0n) is 15.8. The van der Waals surface area contributed by atoms with E-state index in [9.17, 15) is 4.79 Å². The third-order valence-electron chi connectivity index (χ3n) is 4.99. The number of carbonyl (C=O) groups excluding carboxylic acids is 1. The van der Waals surface area contributed by atoms with E-state index in [0.29, 0.717) is 22.7 Å². The number of nitrogens with one attached hydrogen (secondary N) is 1. The van der Waals surface area contributed by atoms with E-state index in [1.165, 1.54) is 5.56 Å². The van der Waals surface area contributed by atoms with Crippen molar-refractivity contribution in [2.75, 3.05) is 0 Å². The minimum absolute atomic E-state index is 0.141. The molecule has 0 saturated carbocycles. The molecular weight excluding hydrogens is 370 g/mol. The molecule has 0 radical (unpaired) electrons. The Labute approximate surface area is 166 Å². The maximum absolute atomic E-state index is 12.3. The molecular formula is C22H19N3O4. The Bertz CT molecular complexity index is 1190. The van der Waals surface area contributed by atoms with E-state index in [0.717, 1.165) is 23.1 Å². The molecule has 1 unspecified atom stereocenters. The topological polar surface area (TPSA) is 90.4 Å². The molecule has 0 saturated heterocycles. The van der Waals surface area contributed by atoms with Gasteiger partial charge in [-0.25, -0.2) is 0 Å². The third kappa shape index (κ3) is 3.47. The van der Waals surface area contributed by atoms with E-state index in [1.54, 1.807) is 0 Å². The summed E-state index contributed by atoms with van der Waals surface area (Å²) in [5.41, 5.74) is 4.04. The van der Waals surface area contributed by atoms with Gasteiger partial charge in [0, 0.05) is 23.4 Å². The first-order valence-corrected chi connectivity index (χ1v) is 9.51. The van der Waals surface area contributed by atoms with Crippen molar-refractivity contribution in [1.82, 2.24) is 15.6 Å². The fourth-order valence-corrected chi connectivity index (χ4v) is 3.55. The van der Waals surface area contributed by atoms with Crippen molar-refractivity contribution in [3.63, 3.8) is 0 Å². The Morgan fingerprint density at radius 3 is 2.97 bits per heavy atom. The van der Waals surface area contributed by atoms with Crippen LogP contribution in [-0.2, 0) is 24.2 Å². The average Bonchev–Trinajstić information content (AvgIpc) is 3.44. The lowest BCUT2D eigenvalue weighted by molar-refractivity contribution is -0.120. The highest BCUT2D eigenvalue weighted by Gasteiger charge is 2.20. The quantitative estimate of drug-likeness (QED) is 0.560. The van der Waals surface area contributed by atoms with Gasteiger partial charge in [-0.15, -0.1) is 0 Å². The highest BCUT2D eigenvalue weighted by atomic mass is 16.5. The number of benzene rings is 2. The average molecular weight is 389 g/mol. The number of fused-ring (bicyclic) bond motifs is 2. The molecule has 29 heavy (non-hydrogen) atoms. The van der Waals surface area contributed by atoms with Gasteiger partial charge in [-0.2, -0.15) is 0 Å². The van der Waals surface area contributed by atoms with Crippen LogP contribution in [0.5, 0.6) is 5.75 Å². The lowest BCUT2D eigenvalue weighted by Gasteiger charge is -2.03. The summed E-state index contributed by atoms with van der Waals surface area (Å²) in [6.07, 6.45) is 1.26. The third-order valence-corrected chi connectivity index (χ3v) is 4.99. The van der Waals surface area contributed by atoms with Crippen LogP contribution in [0.4, 0.5) is 0 Å². The number of nitrogens with zero attached hydrogens (tertiary/aromatic N) is 2. The minimum Gasteiger partial charge on any atom is -0.490 e. The summed E-state index contributed by atoms with van der Waals surface area (Å²) >= 11 is 0. The summed E-state index contributed by atoms with van der Waals surface area (Å²) in [6, 6.07) is 15.3. The predicted molar refractivity (Wildman–Crippen MR) is 105 cm³/mol. The molecule has 0 bridgehead atoms. The number of hydrogen-bond acceptors (Lipinski definition) is 6. The van der Waals surface area contributed by atoms with E-state index >= 15 is 0 Å². The summed E-state index contributed by atoms with van der Waals surface area (Å²) in [4.78, 5) is 12.3. The molecule has 5 rings (SSSR count). The molecule has 7 nitrogen and oxygen atoms in total. The Hall–Kier alpha value is -3.61. The zero-order valence-corrected chi connectivity index (χ0v) is 15.8. The standard InChI is InChI=1S/C22H19N3O4/c1-13-8-14-6-7-15(9-20(14)27-13)21-10-16(24-29-21)12-23-22(26)11-18-17-4-2-3-5-19(17)28-25-18/h2-7,9-10,13H,8,11-12H2,1H3,(H,23,26). The highest BCUT2D eigenvalue weighted by molar-refractivity contribution is 5.86. The van der Waals surface area contributed by atoms with Crippen molar-refractivity contribution < 1.29 is 18.6 Å². The van der Waals surface area contributed by atoms with Crippen molar-refractivity contribution in [3.8, 4) is 17.1 Å². The summed E-state index contributed by atoms with van der Waals surface area (Å²) < 4.78 is 16.5. The number of hydrogen-bond donors (Lipinski definition) is 1. The first-order chi connectivity index (χ1) is 14.2. The summed E-state index contributed by atoms with van der Waals surface area (Å²) in [5.74, 6) is 1.37. The molecule has 1 aliphatic rings. The predicted octanol–water partition coefficient (Wildman–Crippen LogP) is 3.67. The number of carbonyl (C=O) groups is 1. The molecule has 0 aliphatic carbocycles. The Balaban J connectivity index is 1.23. The lowest BCUT2D eigenvalue weighted by Crippen LogP contribution is -2.24. The Kier molecular flexibility index (Phi) is 4.27. The maximum atomic E-state index is 12.3. The van der Waals surface area contributed by atoms with Gasteiger partial charge in [-0.3, -0.25) is 4.79 Å². The fraction of sp³-hybridized carbons (Fsp3) is 0.227. The van der Waals surface area contributed by atoms with Crippen LogP contribution < -0.4 is 10.1 Å². The first kappa shape index (κ1) is 17.5. The minimum atomic E-state index is -0.159. The van der Waals surface area contributed by atoms with Gasteiger partial charge in [-0.05, 0) is 30.7 Å². The second-order valence-electron chi connectivity index (χ2n) is 7.22. The van der Waals surface area contributed by atoms with E-state index in [4.69, 9.17) is 13.8 Å². The van der Waals surface area contributed by atoms with E-state index < -0.39 is 0 Å². The van der Waals surface area contributed by atoms with Crippen LogP contribution in [-0.4, -0.2) is 22.3 Å². The van der Waals surface area contributed by atoms with Crippen molar-refractivity contribution in [2.45, 2.75) is 32.4 Å².